The molecule has 140 valence electrons. The van der Waals surface area contributed by atoms with Crippen molar-refractivity contribution in [2.24, 2.45) is 5.92 Å². The van der Waals surface area contributed by atoms with Gasteiger partial charge in [0.25, 0.3) is 0 Å². The molecule has 1 aromatic heterocycles. The van der Waals surface area contributed by atoms with E-state index in [9.17, 15) is 26.7 Å². The molecule has 1 heterocycles. The summed E-state index contributed by atoms with van der Waals surface area (Å²) in [4.78, 5) is 24.7. The van der Waals surface area contributed by atoms with E-state index < -0.39 is 24.0 Å². The molecule has 0 radical (unpaired) electrons. The van der Waals surface area contributed by atoms with Gasteiger partial charge in [0.2, 0.25) is 11.8 Å². The maximum atomic E-state index is 13.0. The van der Waals surface area contributed by atoms with Crippen molar-refractivity contribution < 1.29 is 36.6 Å². The quantitative estimate of drug-likeness (QED) is 0.804. The van der Waals surface area contributed by atoms with Gasteiger partial charge in [0.1, 0.15) is 0 Å². The number of aromatic nitrogens is 1. The van der Waals surface area contributed by atoms with Crippen molar-refractivity contribution in [3.05, 3.63) is 29.6 Å². The zero-order chi connectivity index (χ0) is 19.3. The van der Waals surface area contributed by atoms with Crippen LogP contribution in [0.15, 0.2) is 18.3 Å². The van der Waals surface area contributed by atoms with Gasteiger partial charge in [-0.25, -0.2) is 13.6 Å². The third-order valence-electron chi connectivity index (χ3n) is 3.46. The van der Waals surface area contributed by atoms with Crippen LogP contribution < -0.4 is 5.32 Å². The minimum Gasteiger partial charge on any atom is -0.475 e. The summed E-state index contributed by atoms with van der Waals surface area (Å²) in [5.41, 5.74) is 1.78. The second kappa shape index (κ2) is 8.21. The molecule has 0 bridgehead atoms. The number of amides is 1. The first-order valence-corrected chi connectivity index (χ1v) is 7.28. The Labute approximate surface area is 140 Å². The van der Waals surface area contributed by atoms with Crippen molar-refractivity contribution in [1.29, 1.82) is 0 Å². The number of hydrogen-bond donors (Lipinski definition) is 2. The van der Waals surface area contributed by atoms with Crippen LogP contribution in [0.5, 0.6) is 0 Å². The first-order chi connectivity index (χ1) is 11.4. The maximum Gasteiger partial charge on any atom is 0.490 e. The van der Waals surface area contributed by atoms with Crippen LogP contribution in [0.4, 0.5) is 22.0 Å². The van der Waals surface area contributed by atoms with Crippen LogP contribution in [0, 0.1) is 12.8 Å². The van der Waals surface area contributed by atoms with Crippen LogP contribution in [-0.2, 0) is 16.1 Å². The van der Waals surface area contributed by atoms with Crippen molar-refractivity contribution in [1.82, 2.24) is 10.3 Å². The molecule has 0 aromatic carbocycles. The fourth-order valence-electron chi connectivity index (χ4n) is 2.11. The van der Waals surface area contributed by atoms with Gasteiger partial charge in [-0.1, -0.05) is 6.07 Å². The van der Waals surface area contributed by atoms with Gasteiger partial charge in [0.05, 0.1) is 0 Å². The van der Waals surface area contributed by atoms with Gasteiger partial charge in [0, 0.05) is 37.2 Å². The summed E-state index contributed by atoms with van der Waals surface area (Å²) in [6, 6.07) is 3.72. The fourth-order valence-corrected chi connectivity index (χ4v) is 2.11. The summed E-state index contributed by atoms with van der Waals surface area (Å²) in [5.74, 6) is -6.27. The summed E-state index contributed by atoms with van der Waals surface area (Å²) >= 11 is 0. The monoisotopic (exact) mass is 368 g/mol. The Morgan fingerprint density at radius 1 is 1.36 bits per heavy atom. The highest BCUT2D eigenvalue weighted by Crippen LogP contribution is 2.38. The number of carbonyl (C=O) groups is 2. The average molecular weight is 368 g/mol. The SMILES string of the molecule is Cc1ccc(CNC(=O)[C@@H]2CCC(F)(F)C2)cn1.O=C(O)C(F)(F)F. The molecule has 0 aliphatic heterocycles. The van der Waals surface area contributed by atoms with Crippen molar-refractivity contribution in [2.45, 2.75) is 44.8 Å². The predicted octanol–water partition coefficient (Wildman–Crippen LogP) is 3.07. The van der Waals surface area contributed by atoms with Gasteiger partial charge in [0.15, 0.2) is 0 Å². The smallest absolute Gasteiger partial charge is 0.475 e. The Morgan fingerprint density at radius 2 is 1.96 bits per heavy atom. The number of halogens is 5. The summed E-state index contributed by atoms with van der Waals surface area (Å²) in [5, 5.41) is 9.81. The molecule has 2 rings (SSSR count). The van der Waals surface area contributed by atoms with E-state index in [1.54, 1.807) is 6.20 Å². The molecule has 1 aliphatic rings. The molecular weight excluding hydrogens is 351 g/mol. The average Bonchev–Trinajstić information content (AvgIpc) is 2.86. The molecule has 1 aliphatic carbocycles. The highest BCUT2D eigenvalue weighted by molar-refractivity contribution is 5.79. The fraction of sp³-hybridized carbons (Fsp3) is 0.533. The molecule has 0 unspecified atom stereocenters. The molecule has 0 saturated heterocycles. The summed E-state index contributed by atoms with van der Waals surface area (Å²) in [6.45, 7) is 2.22. The third-order valence-corrected chi connectivity index (χ3v) is 3.46. The van der Waals surface area contributed by atoms with Gasteiger partial charge in [-0.15, -0.1) is 0 Å². The second-order valence-corrected chi connectivity index (χ2v) is 5.62. The van der Waals surface area contributed by atoms with Crippen LogP contribution in [-0.4, -0.2) is 34.1 Å². The van der Waals surface area contributed by atoms with Crippen molar-refractivity contribution in [3.8, 4) is 0 Å². The van der Waals surface area contributed by atoms with E-state index in [-0.39, 0.29) is 25.2 Å². The number of nitrogens with one attached hydrogen (secondary N) is 1. The van der Waals surface area contributed by atoms with Crippen molar-refractivity contribution in [2.75, 3.05) is 0 Å². The lowest BCUT2D eigenvalue weighted by Gasteiger charge is -2.11. The number of carboxylic acids is 1. The summed E-state index contributed by atoms with van der Waals surface area (Å²) in [6.07, 6.45) is -3.65. The number of hydrogen-bond acceptors (Lipinski definition) is 3. The lowest BCUT2D eigenvalue weighted by atomic mass is 10.1. The molecule has 0 spiro atoms. The maximum absolute atomic E-state index is 13.0. The summed E-state index contributed by atoms with van der Waals surface area (Å²) in [7, 11) is 0. The van der Waals surface area contributed by atoms with E-state index in [0.717, 1.165) is 11.3 Å². The van der Waals surface area contributed by atoms with Gasteiger partial charge < -0.3 is 10.4 Å². The molecule has 1 amide bonds. The molecule has 5 nitrogen and oxygen atoms in total. The van der Waals surface area contributed by atoms with Gasteiger partial charge in [-0.2, -0.15) is 13.2 Å². The van der Waals surface area contributed by atoms with E-state index in [2.05, 4.69) is 10.3 Å². The Bertz CT molecular complexity index is 602. The third kappa shape index (κ3) is 7.44. The zero-order valence-corrected chi connectivity index (χ0v) is 13.2. The molecule has 25 heavy (non-hydrogen) atoms. The van der Waals surface area contributed by atoms with Gasteiger partial charge >= 0.3 is 12.1 Å². The van der Waals surface area contributed by atoms with Crippen molar-refractivity contribution in [3.63, 3.8) is 0 Å². The standard InChI is InChI=1S/C13H16F2N2O.C2HF3O2/c1-9-2-3-10(7-16-9)8-17-12(18)11-4-5-13(14,15)6-11;3-2(4,5)1(6)7/h2-3,7,11H,4-6,8H2,1H3,(H,17,18);(H,6,7)/t11-;/m1./s1. The zero-order valence-electron chi connectivity index (χ0n) is 13.2. The van der Waals surface area contributed by atoms with E-state index in [1.165, 1.54) is 0 Å². The molecular formula is C15H17F5N2O3. The number of nitrogens with zero attached hydrogens (tertiary/aromatic N) is 1. The van der Waals surface area contributed by atoms with Gasteiger partial charge in [-0.05, 0) is 25.0 Å². The van der Waals surface area contributed by atoms with Crippen LogP contribution in [0.2, 0.25) is 0 Å². The number of aryl methyl sites for hydroxylation is 1. The topological polar surface area (TPSA) is 79.3 Å². The second-order valence-electron chi connectivity index (χ2n) is 5.62. The van der Waals surface area contributed by atoms with E-state index in [0.29, 0.717) is 6.54 Å². The minimum atomic E-state index is -5.08. The highest BCUT2D eigenvalue weighted by Gasteiger charge is 2.42. The Hall–Kier alpha value is -2.26. The normalized spacial score (nSPS) is 18.9. The molecule has 10 heteroatoms. The number of aliphatic carboxylic acids is 1. The van der Waals surface area contributed by atoms with E-state index >= 15 is 0 Å². The molecule has 1 saturated carbocycles. The highest BCUT2D eigenvalue weighted by atomic mass is 19.4. The molecule has 1 atom stereocenters. The van der Waals surface area contributed by atoms with Crippen molar-refractivity contribution >= 4 is 11.9 Å². The number of alkyl halides is 5. The molecule has 1 aromatic rings. The van der Waals surface area contributed by atoms with E-state index in [1.807, 2.05) is 19.1 Å². The first kappa shape index (κ1) is 20.8. The largest absolute Gasteiger partial charge is 0.490 e. The minimum absolute atomic E-state index is 0.183. The first-order valence-electron chi connectivity index (χ1n) is 7.28. The number of carbonyl (C=O) groups excluding carboxylic acids is 1. The van der Waals surface area contributed by atoms with E-state index in [4.69, 9.17) is 9.90 Å². The Morgan fingerprint density at radius 3 is 2.36 bits per heavy atom. The summed E-state index contributed by atoms with van der Waals surface area (Å²) < 4.78 is 57.7. The molecule has 2 N–H and O–H groups in total. The number of pyridine rings is 1. The number of carboxylic acid groups (broad SMARTS) is 1. The van der Waals surface area contributed by atoms with Gasteiger partial charge in [-0.3, -0.25) is 9.78 Å². The van der Waals surface area contributed by atoms with Crippen LogP contribution >= 0.6 is 0 Å². The van der Waals surface area contributed by atoms with Crippen LogP contribution in [0.3, 0.4) is 0 Å². The lowest BCUT2D eigenvalue weighted by molar-refractivity contribution is -0.192. The van der Waals surface area contributed by atoms with Crippen LogP contribution in [0.25, 0.3) is 0 Å². The lowest BCUT2D eigenvalue weighted by Crippen LogP contribution is -2.29. The van der Waals surface area contributed by atoms with Crippen LogP contribution in [0.1, 0.15) is 30.5 Å². The Kier molecular flexibility index (Phi) is 6.83. The molecule has 1 fully saturated rings. The Balaban J connectivity index is 0.000000381. The predicted molar refractivity (Wildman–Crippen MR) is 76.8 cm³/mol. The number of rotatable bonds is 3.